The Hall–Kier alpha value is -1.22. The summed E-state index contributed by atoms with van der Waals surface area (Å²) >= 11 is 5.27. The average Bonchev–Trinajstić information content (AvgIpc) is 2.31. The highest BCUT2D eigenvalue weighted by Gasteiger charge is 2.16. The van der Waals surface area contributed by atoms with Crippen molar-refractivity contribution >= 4 is 44.2 Å². The third-order valence-corrected chi connectivity index (χ3v) is 3.13. The lowest BCUT2D eigenvalue weighted by Gasteiger charge is -2.06. The van der Waals surface area contributed by atoms with Crippen molar-refractivity contribution < 1.29 is 9.66 Å². The molecule has 0 aliphatic heterocycles. The molecule has 0 radical (unpaired) electrons. The first-order valence-corrected chi connectivity index (χ1v) is 6.66. The Morgan fingerprint density at radius 1 is 1.33 bits per heavy atom. The summed E-state index contributed by atoms with van der Waals surface area (Å²) in [6.07, 6.45) is 3.10. The summed E-state index contributed by atoms with van der Waals surface area (Å²) in [4.78, 5) is 14.4. The predicted octanol–water partition coefficient (Wildman–Crippen LogP) is 4.15. The fourth-order valence-electron chi connectivity index (χ4n) is 1.29. The van der Waals surface area contributed by atoms with Crippen LogP contribution in [-0.2, 0) is 0 Å². The van der Waals surface area contributed by atoms with Gasteiger partial charge in [0.2, 0.25) is 5.75 Å². The van der Waals surface area contributed by atoms with Gasteiger partial charge in [-0.3, -0.25) is 15.1 Å². The largest absolute Gasteiger partial charge is 0.448 e. The Kier molecular flexibility index (Phi) is 4.12. The molecule has 1 aromatic carbocycles. The minimum atomic E-state index is -0.469. The lowest BCUT2D eigenvalue weighted by molar-refractivity contribution is -0.385. The summed E-state index contributed by atoms with van der Waals surface area (Å²) in [5, 5.41) is 10.9. The molecule has 0 saturated heterocycles. The van der Waals surface area contributed by atoms with Crippen molar-refractivity contribution in [3.8, 4) is 11.5 Å². The maximum atomic E-state index is 10.9. The van der Waals surface area contributed by atoms with Gasteiger partial charge in [0.05, 0.1) is 11.1 Å². The van der Waals surface area contributed by atoms with Crippen molar-refractivity contribution in [3.63, 3.8) is 0 Å². The molecule has 0 N–H and O–H groups in total. The van der Waals surface area contributed by atoms with Crippen LogP contribution in [0.25, 0.3) is 0 Å². The van der Waals surface area contributed by atoms with E-state index in [1.54, 1.807) is 24.4 Å². The molecule has 0 fully saturated rings. The standard InChI is InChI=1S/C11H6BrIN2O3/c12-7-3-9(6-14-5-7)18-11-2-1-8(13)4-10(11)15(16)17/h1-6H. The average molecular weight is 421 g/mol. The van der Waals surface area contributed by atoms with Gasteiger partial charge in [-0.2, -0.15) is 0 Å². The molecule has 0 spiro atoms. The minimum absolute atomic E-state index is 0.0677. The molecule has 5 nitrogen and oxygen atoms in total. The van der Waals surface area contributed by atoms with Gasteiger partial charge in [0.15, 0.2) is 0 Å². The number of benzene rings is 1. The normalized spacial score (nSPS) is 10.1. The van der Waals surface area contributed by atoms with Crippen LogP contribution in [0.1, 0.15) is 0 Å². The third kappa shape index (κ3) is 3.16. The number of pyridine rings is 1. The van der Waals surface area contributed by atoms with Crippen molar-refractivity contribution in [1.29, 1.82) is 0 Å². The smallest absolute Gasteiger partial charge is 0.312 e. The number of ether oxygens (including phenoxy) is 1. The summed E-state index contributed by atoms with van der Waals surface area (Å²) in [6.45, 7) is 0. The molecule has 0 aliphatic carbocycles. The van der Waals surface area contributed by atoms with Crippen LogP contribution in [-0.4, -0.2) is 9.91 Å². The Bertz CT molecular complexity index is 607. The second-order valence-corrected chi connectivity index (χ2v) is 5.47. The Balaban J connectivity index is 2.37. The Morgan fingerprint density at radius 2 is 2.11 bits per heavy atom. The van der Waals surface area contributed by atoms with Crippen molar-refractivity contribution in [3.05, 3.63) is 54.8 Å². The number of hydrogen-bond acceptors (Lipinski definition) is 4. The topological polar surface area (TPSA) is 65.3 Å². The molecule has 0 unspecified atom stereocenters. The molecule has 92 valence electrons. The van der Waals surface area contributed by atoms with E-state index < -0.39 is 4.92 Å². The SMILES string of the molecule is O=[N+]([O-])c1cc(I)ccc1Oc1cncc(Br)c1. The quantitative estimate of drug-likeness (QED) is 0.425. The number of aromatic nitrogens is 1. The van der Waals surface area contributed by atoms with Crippen LogP contribution in [0.2, 0.25) is 0 Å². The van der Waals surface area contributed by atoms with E-state index in [0.29, 0.717) is 5.75 Å². The summed E-state index contributed by atoms with van der Waals surface area (Å²) in [5.74, 6) is 0.633. The maximum Gasteiger partial charge on any atom is 0.312 e. The predicted molar refractivity (Wildman–Crippen MR) is 77.8 cm³/mol. The molecule has 2 aromatic rings. The number of nitro benzene ring substituents is 1. The van der Waals surface area contributed by atoms with E-state index in [4.69, 9.17) is 4.74 Å². The molecule has 0 amide bonds. The highest BCUT2D eigenvalue weighted by atomic mass is 127. The van der Waals surface area contributed by atoms with E-state index in [2.05, 4.69) is 20.9 Å². The molecule has 0 aliphatic rings. The zero-order valence-corrected chi connectivity index (χ0v) is 12.6. The number of nitrogens with zero attached hydrogens (tertiary/aromatic N) is 2. The van der Waals surface area contributed by atoms with Gasteiger partial charge in [0, 0.05) is 20.3 Å². The molecule has 7 heteroatoms. The van der Waals surface area contributed by atoms with Crippen LogP contribution in [0, 0.1) is 13.7 Å². The maximum absolute atomic E-state index is 10.9. The van der Waals surface area contributed by atoms with Crippen LogP contribution in [0.5, 0.6) is 11.5 Å². The lowest BCUT2D eigenvalue weighted by atomic mass is 10.3. The van der Waals surface area contributed by atoms with E-state index in [9.17, 15) is 10.1 Å². The van der Waals surface area contributed by atoms with Crippen LogP contribution >= 0.6 is 38.5 Å². The van der Waals surface area contributed by atoms with Gasteiger partial charge in [-0.1, -0.05) is 0 Å². The van der Waals surface area contributed by atoms with Gasteiger partial charge < -0.3 is 4.74 Å². The fraction of sp³-hybridized carbons (Fsp3) is 0. The number of halogens is 2. The van der Waals surface area contributed by atoms with Crippen molar-refractivity contribution in [2.24, 2.45) is 0 Å². The Labute approximate surface area is 125 Å². The van der Waals surface area contributed by atoms with Crippen LogP contribution < -0.4 is 4.74 Å². The first kappa shape index (κ1) is 13.2. The molecule has 1 heterocycles. The van der Waals surface area contributed by atoms with Crippen molar-refractivity contribution in [1.82, 2.24) is 4.98 Å². The van der Waals surface area contributed by atoms with E-state index in [1.807, 2.05) is 22.6 Å². The fourth-order valence-corrected chi connectivity index (χ4v) is 2.11. The zero-order chi connectivity index (χ0) is 13.1. The van der Waals surface area contributed by atoms with Crippen molar-refractivity contribution in [2.75, 3.05) is 0 Å². The number of nitro groups is 1. The summed E-state index contributed by atoms with van der Waals surface area (Å²) < 4.78 is 6.99. The van der Waals surface area contributed by atoms with Gasteiger partial charge in [-0.25, -0.2) is 0 Å². The highest BCUT2D eigenvalue weighted by molar-refractivity contribution is 14.1. The molecule has 18 heavy (non-hydrogen) atoms. The second kappa shape index (κ2) is 5.61. The van der Waals surface area contributed by atoms with Crippen LogP contribution in [0.15, 0.2) is 41.1 Å². The van der Waals surface area contributed by atoms with Crippen molar-refractivity contribution in [2.45, 2.75) is 0 Å². The molecule has 0 bridgehead atoms. The first-order valence-electron chi connectivity index (χ1n) is 4.78. The molecular weight excluding hydrogens is 415 g/mol. The molecule has 2 rings (SSSR count). The summed E-state index contributed by atoms with van der Waals surface area (Å²) in [5.41, 5.74) is -0.0677. The monoisotopic (exact) mass is 420 g/mol. The van der Waals surface area contributed by atoms with Crippen LogP contribution in [0.4, 0.5) is 5.69 Å². The van der Waals surface area contributed by atoms with Gasteiger partial charge in [-0.05, 0) is 56.7 Å². The number of hydrogen-bond donors (Lipinski definition) is 0. The molecular formula is C11H6BrIN2O3. The summed E-state index contributed by atoms with van der Waals surface area (Å²) in [7, 11) is 0. The third-order valence-electron chi connectivity index (χ3n) is 2.03. The molecule has 1 aromatic heterocycles. The van der Waals surface area contributed by atoms with E-state index in [0.717, 1.165) is 8.04 Å². The molecule has 0 saturated carbocycles. The molecule has 0 atom stereocenters. The van der Waals surface area contributed by atoms with Gasteiger partial charge in [-0.15, -0.1) is 0 Å². The van der Waals surface area contributed by atoms with Crippen LogP contribution in [0.3, 0.4) is 0 Å². The highest BCUT2D eigenvalue weighted by Crippen LogP contribution is 2.32. The minimum Gasteiger partial charge on any atom is -0.448 e. The first-order chi connectivity index (χ1) is 8.56. The Morgan fingerprint density at radius 3 is 2.78 bits per heavy atom. The lowest BCUT2D eigenvalue weighted by Crippen LogP contribution is -1.94. The van der Waals surface area contributed by atoms with E-state index in [-0.39, 0.29) is 11.4 Å². The van der Waals surface area contributed by atoms with Gasteiger partial charge >= 0.3 is 5.69 Å². The second-order valence-electron chi connectivity index (χ2n) is 3.31. The zero-order valence-electron chi connectivity index (χ0n) is 8.84. The van der Waals surface area contributed by atoms with E-state index in [1.165, 1.54) is 12.3 Å². The van der Waals surface area contributed by atoms with Gasteiger partial charge in [0.25, 0.3) is 0 Å². The number of rotatable bonds is 3. The van der Waals surface area contributed by atoms with E-state index >= 15 is 0 Å². The van der Waals surface area contributed by atoms with Gasteiger partial charge in [0.1, 0.15) is 5.75 Å². The summed E-state index contributed by atoms with van der Waals surface area (Å²) in [6, 6.07) is 6.46.